The average Bonchev–Trinajstić information content (AvgIpc) is 2.53. The van der Waals surface area contributed by atoms with Gasteiger partial charge in [-0.25, -0.2) is 4.39 Å². The lowest BCUT2D eigenvalue weighted by Gasteiger charge is -2.41. The van der Waals surface area contributed by atoms with Crippen LogP contribution in [0.5, 0.6) is 0 Å². The smallest absolute Gasteiger partial charge is 0.142 e. The van der Waals surface area contributed by atoms with Crippen LogP contribution in [0.15, 0.2) is 18.2 Å². The van der Waals surface area contributed by atoms with Crippen molar-refractivity contribution in [1.82, 2.24) is 10.2 Å². The zero-order chi connectivity index (χ0) is 14.7. The zero-order valence-electron chi connectivity index (χ0n) is 12.9. The number of hydrogen-bond donors (Lipinski definition) is 1. The third-order valence-corrected chi connectivity index (χ3v) is 5.23. The number of piperazine rings is 1. The zero-order valence-corrected chi connectivity index (χ0v) is 14.4. The fraction of sp³-hybridized carbons (Fsp3) is 0.647. The summed E-state index contributed by atoms with van der Waals surface area (Å²) in [6.07, 6.45) is 6.49. The van der Waals surface area contributed by atoms with Crippen molar-refractivity contribution in [1.29, 1.82) is 0 Å². The second kappa shape index (κ2) is 8.49. The van der Waals surface area contributed by atoms with Crippen molar-refractivity contribution in [2.75, 3.05) is 26.2 Å². The molecule has 0 aromatic heterocycles. The molecular weight excluding hydrogens is 322 g/mol. The van der Waals surface area contributed by atoms with E-state index in [0.29, 0.717) is 12.0 Å². The van der Waals surface area contributed by atoms with Crippen LogP contribution in [0.25, 0.3) is 0 Å². The van der Waals surface area contributed by atoms with Crippen LogP contribution in [-0.4, -0.2) is 31.1 Å². The molecular formula is C17H25Cl2FN2. The van der Waals surface area contributed by atoms with Gasteiger partial charge in [-0.05, 0) is 36.5 Å². The first-order valence-corrected chi connectivity index (χ1v) is 8.53. The van der Waals surface area contributed by atoms with Gasteiger partial charge in [-0.2, -0.15) is 0 Å². The quantitative estimate of drug-likeness (QED) is 0.870. The molecule has 0 radical (unpaired) electrons. The Morgan fingerprint density at radius 2 is 1.82 bits per heavy atom. The van der Waals surface area contributed by atoms with E-state index in [1.54, 1.807) is 12.1 Å². The van der Waals surface area contributed by atoms with Crippen molar-refractivity contribution in [2.45, 2.75) is 38.1 Å². The predicted molar refractivity (Wildman–Crippen MR) is 92.4 cm³/mol. The maximum Gasteiger partial charge on any atom is 0.142 e. The summed E-state index contributed by atoms with van der Waals surface area (Å²) in [6.45, 7) is 4.15. The number of benzene rings is 1. The lowest BCUT2D eigenvalue weighted by molar-refractivity contribution is 0.103. The van der Waals surface area contributed by atoms with Gasteiger partial charge in [0.1, 0.15) is 5.82 Å². The van der Waals surface area contributed by atoms with Crippen LogP contribution >= 0.6 is 24.0 Å². The lowest BCUT2D eigenvalue weighted by atomic mass is 9.80. The normalized spacial score (nSPS) is 22.1. The molecule has 2 fully saturated rings. The summed E-state index contributed by atoms with van der Waals surface area (Å²) in [7, 11) is 0. The molecule has 0 amide bonds. The van der Waals surface area contributed by atoms with Crippen LogP contribution in [0, 0.1) is 11.7 Å². The summed E-state index contributed by atoms with van der Waals surface area (Å²) in [5, 5.41) is 3.63. The summed E-state index contributed by atoms with van der Waals surface area (Å²) in [5.41, 5.74) is 1.10. The topological polar surface area (TPSA) is 15.3 Å². The van der Waals surface area contributed by atoms with Gasteiger partial charge in [0.25, 0.3) is 0 Å². The molecule has 2 aliphatic rings. The van der Waals surface area contributed by atoms with Crippen molar-refractivity contribution in [2.24, 2.45) is 5.92 Å². The molecule has 1 aromatic carbocycles. The molecule has 1 aliphatic heterocycles. The third kappa shape index (κ3) is 4.14. The van der Waals surface area contributed by atoms with Crippen molar-refractivity contribution in [3.63, 3.8) is 0 Å². The Balaban J connectivity index is 0.00000176. The van der Waals surface area contributed by atoms with E-state index < -0.39 is 0 Å². The molecule has 1 atom stereocenters. The third-order valence-electron chi connectivity index (χ3n) is 4.93. The highest BCUT2D eigenvalue weighted by Crippen LogP contribution is 2.39. The Labute approximate surface area is 143 Å². The number of hydrogen-bond acceptors (Lipinski definition) is 2. The van der Waals surface area contributed by atoms with E-state index in [0.717, 1.165) is 31.7 Å². The number of halogens is 3. The summed E-state index contributed by atoms with van der Waals surface area (Å²) < 4.78 is 13.9. The molecule has 1 aliphatic carbocycles. The molecule has 1 saturated carbocycles. The monoisotopic (exact) mass is 346 g/mol. The van der Waals surface area contributed by atoms with Crippen LogP contribution < -0.4 is 5.32 Å². The molecule has 1 aromatic rings. The van der Waals surface area contributed by atoms with Gasteiger partial charge in [0.05, 0.1) is 5.02 Å². The molecule has 0 bridgehead atoms. The Morgan fingerprint density at radius 1 is 1.14 bits per heavy atom. The van der Waals surface area contributed by atoms with Gasteiger partial charge in [-0.15, -0.1) is 12.4 Å². The molecule has 5 heteroatoms. The molecule has 0 unspecified atom stereocenters. The molecule has 2 nitrogen and oxygen atoms in total. The highest BCUT2D eigenvalue weighted by Gasteiger charge is 2.31. The largest absolute Gasteiger partial charge is 0.314 e. The van der Waals surface area contributed by atoms with E-state index in [4.69, 9.17) is 11.6 Å². The lowest BCUT2D eigenvalue weighted by Crippen LogP contribution is -2.47. The Bertz CT molecular complexity index is 454. The summed E-state index contributed by atoms with van der Waals surface area (Å²) in [4.78, 5) is 2.54. The summed E-state index contributed by atoms with van der Waals surface area (Å²) >= 11 is 5.86. The first kappa shape index (κ1) is 18.0. The number of nitrogens with one attached hydrogen (secondary N) is 1. The molecule has 0 spiro atoms. The van der Waals surface area contributed by atoms with Gasteiger partial charge >= 0.3 is 0 Å². The minimum Gasteiger partial charge on any atom is -0.314 e. The summed E-state index contributed by atoms with van der Waals surface area (Å²) in [5.74, 6) is 0.363. The SMILES string of the molecule is Cl.Fc1cc([C@@H](C2CCCCC2)N2CCNCC2)ccc1Cl. The highest BCUT2D eigenvalue weighted by molar-refractivity contribution is 6.30. The van der Waals surface area contributed by atoms with E-state index >= 15 is 0 Å². The van der Waals surface area contributed by atoms with E-state index in [1.165, 1.54) is 32.1 Å². The second-order valence-corrected chi connectivity index (χ2v) is 6.71. The van der Waals surface area contributed by atoms with Crippen LogP contribution in [0.4, 0.5) is 4.39 Å². The molecule has 1 heterocycles. The highest BCUT2D eigenvalue weighted by atomic mass is 35.5. The maximum atomic E-state index is 13.9. The standard InChI is InChI=1S/C17H24ClFN2.ClH/c18-15-7-6-14(12-16(15)19)17(13-4-2-1-3-5-13)21-10-8-20-9-11-21;/h6-7,12-13,17,20H,1-5,8-11H2;1H/t17-;/m1./s1. The molecule has 22 heavy (non-hydrogen) atoms. The van der Waals surface area contributed by atoms with Gasteiger partial charge in [0.2, 0.25) is 0 Å². The minimum absolute atomic E-state index is 0. The van der Waals surface area contributed by atoms with Crippen LogP contribution in [0.3, 0.4) is 0 Å². The molecule has 1 saturated heterocycles. The number of rotatable bonds is 3. The van der Waals surface area contributed by atoms with Gasteiger partial charge in [-0.1, -0.05) is 36.9 Å². The maximum absolute atomic E-state index is 13.9. The van der Waals surface area contributed by atoms with Gasteiger partial charge in [0, 0.05) is 32.2 Å². The molecule has 3 rings (SSSR count). The van der Waals surface area contributed by atoms with Crippen molar-refractivity contribution < 1.29 is 4.39 Å². The van der Waals surface area contributed by atoms with Gasteiger partial charge < -0.3 is 5.32 Å². The first-order valence-electron chi connectivity index (χ1n) is 8.15. The predicted octanol–water partition coefficient (Wildman–Crippen LogP) is 4.43. The van der Waals surface area contributed by atoms with Crippen molar-refractivity contribution in [3.8, 4) is 0 Å². The van der Waals surface area contributed by atoms with Crippen molar-refractivity contribution >= 4 is 24.0 Å². The summed E-state index contributed by atoms with van der Waals surface area (Å²) in [6, 6.07) is 5.74. The van der Waals surface area contributed by atoms with E-state index in [-0.39, 0.29) is 23.2 Å². The molecule has 124 valence electrons. The first-order chi connectivity index (χ1) is 10.3. The van der Waals surface area contributed by atoms with Crippen LogP contribution in [0.1, 0.15) is 43.7 Å². The fourth-order valence-corrected chi connectivity index (χ4v) is 4.01. The minimum atomic E-state index is -0.287. The van der Waals surface area contributed by atoms with Gasteiger partial charge in [0.15, 0.2) is 0 Å². The Morgan fingerprint density at radius 3 is 2.45 bits per heavy atom. The Kier molecular flexibility index (Phi) is 6.94. The second-order valence-electron chi connectivity index (χ2n) is 6.30. The van der Waals surface area contributed by atoms with Crippen LogP contribution in [-0.2, 0) is 0 Å². The fourth-order valence-electron chi connectivity index (χ4n) is 3.89. The van der Waals surface area contributed by atoms with Gasteiger partial charge in [-0.3, -0.25) is 4.90 Å². The van der Waals surface area contributed by atoms with Crippen LogP contribution in [0.2, 0.25) is 5.02 Å². The molecule has 1 N–H and O–H groups in total. The Hall–Kier alpha value is -0.350. The van der Waals surface area contributed by atoms with E-state index in [2.05, 4.69) is 10.2 Å². The average molecular weight is 347 g/mol. The van der Waals surface area contributed by atoms with E-state index in [1.807, 2.05) is 6.07 Å². The van der Waals surface area contributed by atoms with Crippen molar-refractivity contribution in [3.05, 3.63) is 34.6 Å². The van der Waals surface area contributed by atoms with E-state index in [9.17, 15) is 4.39 Å². The number of nitrogens with zero attached hydrogens (tertiary/aromatic N) is 1.